The van der Waals surface area contributed by atoms with Crippen LogP contribution in [0.15, 0.2) is 29.2 Å². The molecule has 15 heavy (non-hydrogen) atoms. The minimum absolute atomic E-state index is 0.0498. The molecule has 3 nitrogen and oxygen atoms in total. The van der Waals surface area contributed by atoms with Crippen molar-refractivity contribution in [2.45, 2.75) is 10.4 Å². The van der Waals surface area contributed by atoms with Gasteiger partial charge in [0.1, 0.15) is 0 Å². The van der Waals surface area contributed by atoms with Crippen molar-refractivity contribution in [1.82, 2.24) is 0 Å². The summed E-state index contributed by atoms with van der Waals surface area (Å²) in [5.41, 5.74) is 1.09. The van der Waals surface area contributed by atoms with Crippen LogP contribution in [0.4, 0.5) is 18.9 Å². The van der Waals surface area contributed by atoms with E-state index in [-0.39, 0.29) is 22.6 Å². The van der Waals surface area contributed by atoms with Crippen LogP contribution in [0.25, 0.3) is 0 Å². The minimum Gasteiger partial charge on any atom is -0.370 e. The second kappa shape index (κ2) is 4.43. The molecule has 0 spiro atoms. The zero-order valence-corrected chi connectivity index (χ0v) is 8.25. The number of halogens is 3. The predicted molar refractivity (Wildman–Crippen MR) is 53.9 cm³/mol. The summed E-state index contributed by atoms with van der Waals surface area (Å²) in [6.07, 6.45) is 0. The van der Waals surface area contributed by atoms with Gasteiger partial charge >= 0.3 is 5.51 Å². The van der Waals surface area contributed by atoms with Gasteiger partial charge in [-0.3, -0.25) is 5.41 Å². The van der Waals surface area contributed by atoms with Crippen LogP contribution in [0, 0.1) is 5.41 Å². The van der Waals surface area contributed by atoms with Crippen molar-refractivity contribution in [2.75, 3.05) is 5.32 Å². The summed E-state index contributed by atoms with van der Waals surface area (Å²) in [4.78, 5) is 0.0498. The molecule has 0 aromatic heterocycles. The van der Waals surface area contributed by atoms with Crippen LogP contribution in [0.5, 0.6) is 0 Å². The highest BCUT2D eigenvalue weighted by Crippen LogP contribution is 2.37. The molecule has 0 aliphatic heterocycles. The van der Waals surface area contributed by atoms with Crippen molar-refractivity contribution in [3.05, 3.63) is 24.3 Å². The Bertz CT molecular complexity index is 364. The Morgan fingerprint density at radius 2 is 2.07 bits per heavy atom. The molecule has 0 atom stereocenters. The van der Waals surface area contributed by atoms with E-state index in [4.69, 9.17) is 11.1 Å². The van der Waals surface area contributed by atoms with Gasteiger partial charge < -0.3 is 11.1 Å². The largest absolute Gasteiger partial charge is 0.446 e. The zero-order valence-electron chi connectivity index (χ0n) is 7.43. The lowest BCUT2D eigenvalue weighted by molar-refractivity contribution is -0.0328. The molecule has 1 aromatic rings. The minimum atomic E-state index is -4.31. The normalized spacial score (nSPS) is 11.1. The third-order valence-electron chi connectivity index (χ3n) is 1.35. The van der Waals surface area contributed by atoms with Crippen molar-refractivity contribution >= 4 is 23.4 Å². The van der Waals surface area contributed by atoms with Gasteiger partial charge in [-0.05, 0) is 30.0 Å². The van der Waals surface area contributed by atoms with E-state index < -0.39 is 5.51 Å². The predicted octanol–water partition coefficient (Wildman–Crippen LogP) is 2.60. The summed E-state index contributed by atoms with van der Waals surface area (Å²) < 4.78 is 36.0. The monoisotopic (exact) mass is 235 g/mol. The van der Waals surface area contributed by atoms with Gasteiger partial charge in [0.25, 0.3) is 0 Å². The Labute approximate surface area is 88.4 Å². The van der Waals surface area contributed by atoms with E-state index in [1.165, 1.54) is 24.3 Å². The highest BCUT2D eigenvalue weighted by atomic mass is 32.2. The maximum absolute atomic E-state index is 12.0. The average Bonchev–Trinajstić information content (AvgIpc) is 1.99. The van der Waals surface area contributed by atoms with Gasteiger partial charge in [-0.2, -0.15) is 13.2 Å². The van der Waals surface area contributed by atoms with Crippen molar-refractivity contribution in [3.8, 4) is 0 Å². The van der Waals surface area contributed by atoms with E-state index in [2.05, 4.69) is 5.32 Å². The molecule has 1 aromatic carbocycles. The molecule has 0 saturated heterocycles. The second-order valence-corrected chi connectivity index (χ2v) is 3.75. The zero-order chi connectivity index (χ0) is 11.5. The van der Waals surface area contributed by atoms with E-state index in [1.807, 2.05) is 0 Å². The average molecular weight is 235 g/mol. The quantitative estimate of drug-likeness (QED) is 0.419. The first-order valence-corrected chi connectivity index (χ1v) is 4.65. The van der Waals surface area contributed by atoms with Gasteiger partial charge in [0, 0.05) is 10.6 Å². The molecule has 0 bridgehead atoms. The molecule has 82 valence electrons. The van der Waals surface area contributed by atoms with Crippen LogP contribution < -0.4 is 11.1 Å². The Morgan fingerprint density at radius 3 is 2.60 bits per heavy atom. The lowest BCUT2D eigenvalue weighted by Crippen LogP contribution is -2.20. The van der Waals surface area contributed by atoms with Crippen molar-refractivity contribution in [3.63, 3.8) is 0 Å². The Morgan fingerprint density at radius 1 is 1.40 bits per heavy atom. The molecule has 1 rings (SSSR count). The fraction of sp³-hybridized carbons (Fsp3) is 0.125. The number of thioether (sulfide) groups is 1. The molecule has 0 aliphatic carbocycles. The maximum atomic E-state index is 12.0. The Balaban J connectivity index is 2.79. The summed E-state index contributed by atoms with van der Waals surface area (Å²) in [6.45, 7) is 0. The third kappa shape index (κ3) is 4.59. The van der Waals surface area contributed by atoms with Crippen LogP contribution in [-0.4, -0.2) is 11.5 Å². The van der Waals surface area contributed by atoms with Crippen molar-refractivity contribution < 1.29 is 13.2 Å². The van der Waals surface area contributed by atoms with E-state index in [0.717, 1.165) is 0 Å². The first kappa shape index (κ1) is 11.7. The van der Waals surface area contributed by atoms with E-state index in [1.54, 1.807) is 0 Å². The standard InChI is InChI=1S/C8H8F3N3S/c9-8(10,11)15-6-3-1-2-5(4-6)14-7(12)13/h1-4H,(H4,12,13,14). The molecule has 0 heterocycles. The molecule has 4 N–H and O–H groups in total. The van der Waals surface area contributed by atoms with E-state index in [9.17, 15) is 13.2 Å². The number of nitrogens with two attached hydrogens (primary N) is 1. The fourth-order valence-corrected chi connectivity index (χ4v) is 1.53. The second-order valence-electron chi connectivity index (χ2n) is 2.61. The molecule has 7 heteroatoms. The van der Waals surface area contributed by atoms with Gasteiger partial charge in [-0.15, -0.1) is 0 Å². The number of nitrogens with one attached hydrogen (secondary N) is 2. The number of benzene rings is 1. The molecule has 0 aliphatic rings. The van der Waals surface area contributed by atoms with Crippen LogP contribution in [0.3, 0.4) is 0 Å². The number of hydrogen-bond donors (Lipinski definition) is 3. The van der Waals surface area contributed by atoms with Crippen LogP contribution in [-0.2, 0) is 0 Å². The molecule has 0 radical (unpaired) electrons. The van der Waals surface area contributed by atoms with Gasteiger partial charge in [-0.1, -0.05) is 6.07 Å². The molecule has 0 unspecified atom stereocenters. The van der Waals surface area contributed by atoms with Gasteiger partial charge in [0.05, 0.1) is 0 Å². The number of anilines is 1. The smallest absolute Gasteiger partial charge is 0.370 e. The summed E-state index contributed by atoms with van der Waals surface area (Å²) in [7, 11) is 0. The Kier molecular flexibility index (Phi) is 3.46. The number of rotatable bonds is 2. The van der Waals surface area contributed by atoms with E-state index in [0.29, 0.717) is 5.69 Å². The molecular weight excluding hydrogens is 227 g/mol. The van der Waals surface area contributed by atoms with Gasteiger partial charge in [0.15, 0.2) is 5.96 Å². The first-order valence-electron chi connectivity index (χ1n) is 3.84. The van der Waals surface area contributed by atoms with E-state index >= 15 is 0 Å². The topological polar surface area (TPSA) is 61.9 Å². The molecule has 0 amide bonds. The summed E-state index contributed by atoms with van der Waals surface area (Å²) in [6, 6.07) is 5.60. The van der Waals surface area contributed by atoms with Crippen LogP contribution >= 0.6 is 11.8 Å². The third-order valence-corrected chi connectivity index (χ3v) is 2.07. The van der Waals surface area contributed by atoms with Crippen molar-refractivity contribution in [2.24, 2.45) is 5.73 Å². The van der Waals surface area contributed by atoms with Crippen LogP contribution in [0.2, 0.25) is 0 Å². The number of guanidine groups is 1. The lowest BCUT2D eigenvalue weighted by atomic mass is 10.3. The fourth-order valence-electron chi connectivity index (χ4n) is 0.926. The SMILES string of the molecule is N=C(N)Nc1cccc(SC(F)(F)F)c1. The van der Waals surface area contributed by atoms with Crippen LogP contribution in [0.1, 0.15) is 0 Å². The highest BCUT2D eigenvalue weighted by molar-refractivity contribution is 8.00. The Hall–Kier alpha value is -1.37. The molecule has 0 fully saturated rings. The lowest BCUT2D eigenvalue weighted by Gasteiger charge is -2.08. The van der Waals surface area contributed by atoms with Gasteiger partial charge in [-0.25, -0.2) is 0 Å². The highest BCUT2D eigenvalue weighted by Gasteiger charge is 2.29. The summed E-state index contributed by atoms with van der Waals surface area (Å²) in [5, 5.41) is 9.33. The summed E-state index contributed by atoms with van der Waals surface area (Å²) in [5.74, 6) is -0.316. The van der Waals surface area contributed by atoms with Crippen molar-refractivity contribution in [1.29, 1.82) is 5.41 Å². The first-order chi connectivity index (χ1) is 6.87. The maximum Gasteiger partial charge on any atom is 0.446 e. The molecular formula is C8H8F3N3S. The number of hydrogen-bond acceptors (Lipinski definition) is 2. The van der Waals surface area contributed by atoms with Gasteiger partial charge in [0.2, 0.25) is 0 Å². The molecule has 0 saturated carbocycles. The number of alkyl halides is 3. The summed E-state index contributed by atoms with van der Waals surface area (Å²) >= 11 is -0.209.